The van der Waals surface area contributed by atoms with Crippen molar-refractivity contribution in [1.82, 2.24) is 0 Å². The molecule has 3 unspecified atom stereocenters. The van der Waals surface area contributed by atoms with E-state index in [0.717, 1.165) is 19.0 Å². The first-order chi connectivity index (χ1) is 8.52. The second kappa shape index (κ2) is 14.6. The molecule has 126 valence electrons. The molecule has 0 aliphatic carbocycles. The van der Waals surface area contributed by atoms with Gasteiger partial charge in [-0.05, 0) is 19.3 Å². The van der Waals surface area contributed by atoms with Crippen LogP contribution in [0.15, 0.2) is 0 Å². The van der Waals surface area contributed by atoms with Crippen molar-refractivity contribution >= 4 is 17.0 Å². The van der Waals surface area contributed by atoms with Crippen LogP contribution in [0.5, 0.6) is 0 Å². The molecule has 0 aliphatic rings. The molecule has 0 aromatic rings. The molecule has 0 bridgehead atoms. The van der Waals surface area contributed by atoms with Gasteiger partial charge < -0.3 is 10.0 Å². The third-order valence-corrected chi connectivity index (χ3v) is 9.26. The van der Waals surface area contributed by atoms with E-state index in [9.17, 15) is 4.57 Å². The van der Waals surface area contributed by atoms with Crippen LogP contribution in [0.2, 0.25) is 0 Å². The summed E-state index contributed by atoms with van der Waals surface area (Å²) in [7, 11) is -1.96. The first kappa shape index (κ1) is 25.6. The molecule has 3 atom stereocenters. The van der Waals surface area contributed by atoms with Crippen LogP contribution in [0.25, 0.3) is 0 Å². The van der Waals surface area contributed by atoms with Crippen LogP contribution in [0.3, 0.4) is 0 Å². The first-order valence-electron chi connectivity index (χ1n) is 8.11. The van der Waals surface area contributed by atoms with Crippen molar-refractivity contribution in [3.8, 4) is 0 Å². The Morgan fingerprint density at radius 3 is 1.60 bits per heavy atom. The van der Waals surface area contributed by atoms with E-state index in [1.165, 1.54) is 38.5 Å². The van der Waals surface area contributed by atoms with Gasteiger partial charge in [-0.25, -0.2) is 0 Å². The maximum Gasteiger partial charge on any atom is 0.0930 e. The smallest absolute Gasteiger partial charge is 0.0930 e. The Morgan fingerprint density at radius 1 is 0.800 bits per heavy atom. The van der Waals surface area contributed by atoms with Crippen LogP contribution < -0.4 is 0 Å². The third kappa shape index (κ3) is 8.81. The monoisotopic (exact) mass is 326 g/mol. The summed E-state index contributed by atoms with van der Waals surface area (Å²) in [6.07, 6.45) is 10.9. The van der Waals surface area contributed by atoms with E-state index in [1.807, 2.05) is 0 Å². The Hall–Kier alpha value is 0.620. The summed E-state index contributed by atoms with van der Waals surface area (Å²) in [5.41, 5.74) is 0.839. The van der Waals surface area contributed by atoms with Crippen LogP contribution in [0.4, 0.5) is 0 Å². The zero-order valence-corrected chi connectivity index (χ0v) is 16.9. The van der Waals surface area contributed by atoms with Crippen molar-refractivity contribution < 1.29 is 10.0 Å². The van der Waals surface area contributed by atoms with Crippen molar-refractivity contribution in [3.05, 3.63) is 0 Å². The normalized spacial score (nSPS) is 16.4. The molecule has 0 aromatic heterocycles. The van der Waals surface area contributed by atoms with E-state index in [4.69, 9.17) is 0 Å². The molecule has 0 fully saturated rings. The second-order valence-corrected chi connectivity index (χ2v) is 9.78. The highest BCUT2D eigenvalue weighted by Crippen LogP contribution is 2.57. The zero-order chi connectivity index (χ0) is 14.0. The van der Waals surface area contributed by atoms with Crippen molar-refractivity contribution in [2.24, 2.45) is 0 Å². The SMILES string of the molecule is CCCCCCCCP(=O)(C(C)CC)C(C)CC.O.P. The minimum Gasteiger partial charge on any atom is -0.412 e. The van der Waals surface area contributed by atoms with E-state index in [0.29, 0.717) is 11.3 Å². The lowest BCUT2D eigenvalue weighted by Gasteiger charge is -2.29. The third-order valence-electron chi connectivity index (χ3n) is 4.53. The van der Waals surface area contributed by atoms with Crippen LogP contribution >= 0.6 is 17.0 Å². The fraction of sp³-hybridized carbons (Fsp3) is 1.00. The highest BCUT2D eigenvalue weighted by molar-refractivity contribution is 7.65. The minimum atomic E-state index is -1.96. The molecule has 0 saturated heterocycles. The van der Waals surface area contributed by atoms with Gasteiger partial charge in [-0.2, -0.15) is 9.90 Å². The summed E-state index contributed by atoms with van der Waals surface area (Å²) >= 11 is 0. The summed E-state index contributed by atoms with van der Waals surface area (Å²) < 4.78 is 13.2. The van der Waals surface area contributed by atoms with Gasteiger partial charge in [0.2, 0.25) is 0 Å². The van der Waals surface area contributed by atoms with Gasteiger partial charge in [0.15, 0.2) is 0 Å². The largest absolute Gasteiger partial charge is 0.412 e. The topological polar surface area (TPSA) is 48.6 Å². The van der Waals surface area contributed by atoms with Crippen LogP contribution in [0.1, 0.15) is 86.0 Å². The number of rotatable bonds is 11. The molecule has 2 nitrogen and oxygen atoms in total. The highest BCUT2D eigenvalue weighted by Gasteiger charge is 2.32. The molecule has 0 heterocycles. The lowest BCUT2D eigenvalue weighted by atomic mass is 10.1. The summed E-state index contributed by atoms with van der Waals surface area (Å²) in [6.45, 7) is 11.0. The molecule has 0 aliphatic heterocycles. The molecule has 0 aromatic carbocycles. The molecule has 0 spiro atoms. The van der Waals surface area contributed by atoms with Crippen molar-refractivity contribution in [3.63, 3.8) is 0 Å². The van der Waals surface area contributed by atoms with E-state index in [-0.39, 0.29) is 15.4 Å². The van der Waals surface area contributed by atoms with E-state index in [2.05, 4.69) is 34.6 Å². The lowest BCUT2D eigenvalue weighted by molar-refractivity contribution is 0.545. The first-order valence-corrected chi connectivity index (χ1v) is 10.1. The van der Waals surface area contributed by atoms with Crippen LogP contribution in [0, 0.1) is 0 Å². The number of hydrogen-bond donors (Lipinski definition) is 0. The Kier molecular flexibility index (Phi) is 18.6. The van der Waals surface area contributed by atoms with Crippen LogP contribution in [-0.4, -0.2) is 23.0 Å². The van der Waals surface area contributed by atoms with E-state index >= 15 is 0 Å². The fourth-order valence-corrected chi connectivity index (χ4v) is 6.34. The average molecular weight is 326 g/mol. The fourth-order valence-electron chi connectivity index (χ4n) is 2.63. The molecule has 0 amide bonds. The molecule has 4 heteroatoms. The molecule has 0 rings (SSSR count). The van der Waals surface area contributed by atoms with E-state index < -0.39 is 7.14 Å². The van der Waals surface area contributed by atoms with E-state index in [1.54, 1.807) is 0 Å². The molecular formula is C16H40O2P2. The van der Waals surface area contributed by atoms with Crippen molar-refractivity contribution in [2.45, 2.75) is 97.3 Å². The van der Waals surface area contributed by atoms with Gasteiger partial charge >= 0.3 is 0 Å². The van der Waals surface area contributed by atoms with Gasteiger partial charge in [0.05, 0.1) is 7.14 Å². The summed E-state index contributed by atoms with van der Waals surface area (Å²) in [4.78, 5) is 0. The molecule has 0 saturated carbocycles. The van der Waals surface area contributed by atoms with Crippen LogP contribution in [-0.2, 0) is 4.57 Å². The van der Waals surface area contributed by atoms with Gasteiger partial charge in [0.1, 0.15) is 0 Å². The number of hydrogen-bond acceptors (Lipinski definition) is 1. The predicted octanol–water partition coefficient (Wildman–Crippen LogP) is 5.54. The summed E-state index contributed by atoms with van der Waals surface area (Å²) in [5.74, 6) is 0. The van der Waals surface area contributed by atoms with Crippen molar-refractivity contribution in [2.75, 3.05) is 6.16 Å². The highest BCUT2D eigenvalue weighted by atomic mass is 31.2. The molecule has 0 radical (unpaired) electrons. The predicted molar refractivity (Wildman–Crippen MR) is 100 cm³/mol. The second-order valence-electron chi connectivity index (χ2n) is 5.86. The Bertz CT molecular complexity index is 231. The minimum absolute atomic E-state index is 0. The Balaban J connectivity index is -0.00000144. The maximum atomic E-state index is 13.2. The standard InChI is InChI=1S/C16H35OP.H2O.H3P/c1-6-9-10-11-12-13-14-18(17,15(4)7-2)16(5)8-3;;/h15-16H,6-14H2,1-5H3;1H2;1H3. The lowest BCUT2D eigenvalue weighted by Crippen LogP contribution is -2.15. The van der Waals surface area contributed by atoms with Gasteiger partial charge in [0, 0.05) is 17.5 Å². The molecular weight excluding hydrogens is 286 g/mol. The Morgan fingerprint density at radius 2 is 1.20 bits per heavy atom. The average Bonchev–Trinajstić information content (AvgIpc) is 2.40. The zero-order valence-electron chi connectivity index (χ0n) is 14.6. The quantitative estimate of drug-likeness (QED) is 0.363. The maximum absolute atomic E-state index is 13.2. The molecule has 20 heavy (non-hydrogen) atoms. The van der Waals surface area contributed by atoms with Crippen molar-refractivity contribution in [1.29, 1.82) is 0 Å². The van der Waals surface area contributed by atoms with Gasteiger partial charge in [-0.3, -0.25) is 0 Å². The summed E-state index contributed by atoms with van der Waals surface area (Å²) in [5, 5.41) is 0. The number of unbranched alkanes of at least 4 members (excludes halogenated alkanes) is 5. The Labute approximate surface area is 131 Å². The summed E-state index contributed by atoms with van der Waals surface area (Å²) in [6, 6.07) is 0. The molecule has 2 N–H and O–H groups in total. The van der Waals surface area contributed by atoms with Gasteiger partial charge in [-0.1, -0.05) is 66.7 Å². The van der Waals surface area contributed by atoms with Gasteiger partial charge in [0.25, 0.3) is 0 Å². The van der Waals surface area contributed by atoms with Gasteiger partial charge in [-0.15, -0.1) is 0 Å².